The number of hydrogen-bond acceptors (Lipinski definition) is 2. The maximum Gasteiger partial charge on any atom is 0.309 e. The molecule has 0 aliphatic rings. The predicted molar refractivity (Wildman–Crippen MR) is 186 cm³/mol. The van der Waals surface area contributed by atoms with E-state index in [-0.39, 0.29) is 12.8 Å². The van der Waals surface area contributed by atoms with E-state index in [0.717, 1.165) is 37.5 Å². The maximum absolute atomic E-state index is 12.4. The van der Waals surface area contributed by atoms with Gasteiger partial charge in [0.05, 0.1) is 5.41 Å². The molecule has 4 heteroatoms. The molecule has 0 saturated heterocycles. The van der Waals surface area contributed by atoms with Crippen LogP contribution in [0.15, 0.2) is 0 Å². The third kappa shape index (κ3) is 28.2. The fourth-order valence-electron chi connectivity index (χ4n) is 6.61. The Labute approximate surface area is 269 Å². The van der Waals surface area contributed by atoms with E-state index in [1.807, 2.05) is 0 Å². The van der Waals surface area contributed by atoms with Gasteiger partial charge in [-0.05, 0) is 31.1 Å². The zero-order valence-corrected chi connectivity index (χ0v) is 29.6. The third-order valence-corrected chi connectivity index (χ3v) is 9.64. The molecule has 0 heterocycles. The molecule has 0 aromatic rings. The summed E-state index contributed by atoms with van der Waals surface area (Å²) < 4.78 is 0. The summed E-state index contributed by atoms with van der Waals surface area (Å²) in [7, 11) is 0. The molecule has 256 valence electrons. The van der Waals surface area contributed by atoms with Crippen molar-refractivity contribution in [2.75, 3.05) is 0 Å². The number of hydrogen-bond donors (Lipinski definition) is 2. The van der Waals surface area contributed by atoms with E-state index in [9.17, 15) is 19.8 Å². The Morgan fingerprint density at radius 2 is 0.674 bits per heavy atom. The van der Waals surface area contributed by atoms with Gasteiger partial charge in [0, 0.05) is 6.42 Å². The Morgan fingerprint density at radius 3 is 0.907 bits per heavy atom. The Morgan fingerprint density at radius 1 is 0.419 bits per heavy atom. The van der Waals surface area contributed by atoms with Gasteiger partial charge in [-0.2, -0.15) is 0 Å². The highest BCUT2D eigenvalue weighted by molar-refractivity contribution is 5.76. The fourth-order valence-corrected chi connectivity index (χ4v) is 6.61. The van der Waals surface area contributed by atoms with Crippen molar-refractivity contribution in [2.24, 2.45) is 17.3 Å². The van der Waals surface area contributed by atoms with Crippen LogP contribution in [0.4, 0.5) is 0 Å². The minimum absolute atomic E-state index is 0.0399. The maximum atomic E-state index is 12.4. The predicted octanol–water partition coefficient (Wildman–Crippen LogP) is 13.2. The molecule has 2 N–H and O–H groups in total. The van der Waals surface area contributed by atoms with Gasteiger partial charge in [-0.15, -0.1) is 0 Å². The standard InChI is InChI=1S/C39H76O4/c1-35(2)29-25-21-17-13-9-5-7-11-15-19-23-27-32-39(38(42)43,34-31-37(40)41)33-28-24-20-16-12-8-6-10-14-18-22-26-30-36(3)4/h35-36H,5-34H2,1-4H3,(H,40,41)(H,42,43). The largest absolute Gasteiger partial charge is 0.481 e. The van der Waals surface area contributed by atoms with Gasteiger partial charge in [0.25, 0.3) is 0 Å². The van der Waals surface area contributed by atoms with Crippen LogP contribution in [0.25, 0.3) is 0 Å². The smallest absolute Gasteiger partial charge is 0.309 e. The van der Waals surface area contributed by atoms with Crippen molar-refractivity contribution >= 4 is 11.9 Å². The highest BCUT2D eigenvalue weighted by Crippen LogP contribution is 2.37. The van der Waals surface area contributed by atoms with Crippen molar-refractivity contribution in [2.45, 2.75) is 220 Å². The highest BCUT2D eigenvalue weighted by atomic mass is 16.4. The lowest BCUT2D eigenvalue weighted by Crippen LogP contribution is -2.32. The topological polar surface area (TPSA) is 74.6 Å². The van der Waals surface area contributed by atoms with E-state index in [2.05, 4.69) is 27.7 Å². The zero-order chi connectivity index (χ0) is 32.0. The van der Waals surface area contributed by atoms with Crippen molar-refractivity contribution < 1.29 is 19.8 Å². The van der Waals surface area contributed by atoms with Gasteiger partial charge in [-0.1, -0.05) is 195 Å². The van der Waals surface area contributed by atoms with Gasteiger partial charge < -0.3 is 10.2 Å². The Kier molecular flexibility index (Phi) is 28.9. The molecular formula is C39H76O4. The number of carboxylic acid groups (broad SMARTS) is 2. The molecule has 0 aliphatic heterocycles. The summed E-state index contributed by atoms with van der Waals surface area (Å²) in [5, 5.41) is 19.4. The van der Waals surface area contributed by atoms with Gasteiger partial charge in [0.15, 0.2) is 0 Å². The van der Waals surface area contributed by atoms with Crippen LogP contribution in [0, 0.1) is 17.3 Å². The summed E-state index contributed by atoms with van der Waals surface area (Å²) in [4.78, 5) is 23.7. The van der Waals surface area contributed by atoms with Crippen molar-refractivity contribution in [1.29, 1.82) is 0 Å². The van der Waals surface area contributed by atoms with Crippen molar-refractivity contribution in [3.05, 3.63) is 0 Å². The summed E-state index contributed by atoms with van der Waals surface area (Å²) in [5.74, 6) is 0.0197. The molecule has 0 bridgehead atoms. The molecule has 4 nitrogen and oxygen atoms in total. The molecule has 0 spiro atoms. The average Bonchev–Trinajstić information content (AvgIpc) is 2.95. The number of rotatable bonds is 34. The Hall–Kier alpha value is -1.06. The van der Waals surface area contributed by atoms with E-state index < -0.39 is 17.4 Å². The van der Waals surface area contributed by atoms with Gasteiger partial charge >= 0.3 is 11.9 Å². The van der Waals surface area contributed by atoms with Crippen LogP contribution in [-0.4, -0.2) is 22.2 Å². The summed E-state index contributed by atoms with van der Waals surface area (Å²) in [5.41, 5.74) is -0.858. The van der Waals surface area contributed by atoms with E-state index in [1.165, 1.54) is 141 Å². The second-order valence-electron chi connectivity index (χ2n) is 14.8. The van der Waals surface area contributed by atoms with Crippen LogP contribution < -0.4 is 0 Å². The van der Waals surface area contributed by atoms with Crippen LogP contribution >= 0.6 is 0 Å². The van der Waals surface area contributed by atoms with Crippen LogP contribution in [0.5, 0.6) is 0 Å². The number of aliphatic carboxylic acids is 2. The lowest BCUT2D eigenvalue weighted by atomic mass is 9.74. The molecular weight excluding hydrogens is 532 g/mol. The second kappa shape index (κ2) is 29.6. The second-order valence-corrected chi connectivity index (χ2v) is 14.8. The lowest BCUT2D eigenvalue weighted by molar-refractivity contribution is -0.151. The molecule has 0 radical (unpaired) electrons. The zero-order valence-electron chi connectivity index (χ0n) is 29.6. The van der Waals surface area contributed by atoms with Gasteiger partial charge in [0.2, 0.25) is 0 Å². The normalized spacial score (nSPS) is 12.0. The first-order valence-corrected chi connectivity index (χ1v) is 19.1. The summed E-state index contributed by atoms with van der Waals surface area (Å²) in [6.45, 7) is 9.24. The molecule has 0 aliphatic carbocycles. The first kappa shape index (κ1) is 41.9. The minimum Gasteiger partial charge on any atom is -0.481 e. The van der Waals surface area contributed by atoms with E-state index in [0.29, 0.717) is 12.8 Å². The summed E-state index contributed by atoms with van der Waals surface area (Å²) >= 11 is 0. The SMILES string of the molecule is CC(C)CCCCCCCCCCCCCCC(CCCCCCCCCCCCCCC(C)C)(CCC(=O)O)C(=O)O. The summed E-state index contributed by atoms with van der Waals surface area (Å²) in [6, 6.07) is 0. The molecule has 0 atom stereocenters. The summed E-state index contributed by atoms with van der Waals surface area (Å²) in [6.07, 6.45) is 34.7. The highest BCUT2D eigenvalue weighted by Gasteiger charge is 2.37. The van der Waals surface area contributed by atoms with Crippen molar-refractivity contribution in [1.82, 2.24) is 0 Å². The lowest BCUT2D eigenvalue weighted by Gasteiger charge is -2.29. The first-order chi connectivity index (χ1) is 20.7. The molecule has 43 heavy (non-hydrogen) atoms. The molecule has 0 aromatic carbocycles. The molecule has 0 unspecified atom stereocenters. The number of carboxylic acids is 2. The molecule has 0 aromatic heterocycles. The Balaban J connectivity index is 4.01. The van der Waals surface area contributed by atoms with Crippen LogP contribution in [0.2, 0.25) is 0 Å². The third-order valence-electron chi connectivity index (χ3n) is 9.64. The molecule has 0 fully saturated rings. The van der Waals surface area contributed by atoms with Crippen LogP contribution in [-0.2, 0) is 9.59 Å². The first-order valence-electron chi connectivity index (χ1n) is 19.1. The monoisotopic (exact) mass is 609 g/mol. The van der Waals surface area contributed by atoms with Crippen LogP contribution in [0.3, 0.4) is 0 Å². The quantitative estimate of drug-likeness (QED) is 0.0713. The Bertz CT molecular complexity index is 591. The van der Waals surface area contributed by atoms with E-state index >= 15 is 0 Å². The van der Waals surface area contributed by atoms with Gasteiger partial charge in [0.1, 0.15) is 0 Å². The molecule has 0 rings (SSSR count). The number of unbranched alkanes of at least 4 members (excludes halogenated alkanes) is 22. The fraction of sp³-hybridized carbons (Fsp3) is 0.949. The van der Waals surface area contributed by atoms with Gasteiger partial charge in [-0.3, -0.25) is 9.59 Å². The van der Waals surface area contributed by atoms with E-state index in [1.54, 1.807) is 0 Å². The van der Waals surface area contributed by atoms with Crippen LogP contribution in [0.1, 0.15) is 220 Å². The number of carbonyl (C=O) groups is 2. The minimum atomic E-state index is -0.878. The van der Waals surface area contributed by atoms with Gasteiger partial charge in [-0.25, -0.2) is 0 Å². The van der Waals surface area contributed by atoms with Crippen molar-refractivity contribution in [3.63, 3.8) is 0 Å². The average molecular weight is 609 g/mol. The molecule has 0 amide bonds. The van der Waals surface area contributed by atoms with E-state index in [4.69, 9.17) is 0 Å². The van der Waals surface area contributed by atoms with Crippen molar-refractivity contribution in [3.8, 4) is 0 Å². The molecule has 0 saturated carbocycles.